The van der Waals surface area contributed by atoms with E-state index in [-0.39, 0.29) is 23.3 Å². The maximum absolute atomic E-state index is 13.4. The zero-order chi connectivity index (χ0) is 19.2. The minimum Gasteiger partial charge on any atom is -0.482 e. The molecule has 2 aromatic carbocycles. The van der Waals surface area contributed by atoms with E-state index in [1.165, 1.54) is 23.9 Å². The third-order valence-corrected chi connectivity index (χ3v) is 5.64. The number of alkyl halides is 3. The van der Waals surface area contributed by atoms with Crippen LogP contribution in [0.25, 0.3) is 0 Å². The number of aliphatic imine (C=N–C) groups is 1. The summed E-state index contributed by atoms with van der Waals surface area (Å²) in [6.07, 6.45) is -4.42. The van der Waals surface area contributed by atoms with Crippen molar-refractivity contribution in [2.24, 2.45) is 4.99 Å². The highest BCUT2D eigenvalue weighted by Gasteiger charge is 2.38. The van der Waals surface area contributed by atoms with Crippen LogP contribution in [0.4, 0.5) is 18.9 Å². The number of nitrogens with zero attached hydrogens (tertiary/aromatic N) is 1. The van der Waals surface area contributed by atoms with Crippen molar-refractivity contribution < 1.29 is 22.7 Å². The summed E-state index contributed by atoms with van der Waals surface area (Å²) in [7, 11) is 0. The third-order valence-electron chi connectivity index (χ3n) is 4.44. The first-order chi connectivity index (χ1) is 12.8. The summed E-state index contributed by atoms with van der Waals surface area (Å²) in [6, 6.07) is 10.2. The molecule has 0 saturated carbocycles. The number of hydrogen-bond donors (Lipinski definition) is 1. The number of benzene rings is 2. The van der Waals surface area contributed by atoms with Gasteiger partial charge in [-0.05, 0) is 29.8 Å². The van der Waals surface area contributed by atoms with E-state index in [0.29, 0.717) is 16.5 Å². The van der Waals surface area contributed by atoms with Crippen LogP contribution < -0.4 is 10.1 Å². The Morgan fingerprint density at radius 1 is 1.22 bits per heavy atom. The van der Waals surface area contributed by atoms with Gasteiger partial charge in [0.2, 0.25) is 0 Å². The Kier molecular flexibility index (Phi) is 4.38. The molecule has 0 saturated heterocycles. The Morgan fingerprint density at radius 2 is 2.00 bits per heavy atom. The summed E-state index contributed by atoms with van der Waals surface area (Å²) < 4.78 is 45.4. The van der Waals surface area contributed by atoms with Gasteiger partial charge in [-0.15, -0.1) is 11.8 Å². The van der Waals surface area contributed by atoms with Gasteiger partial charge in [0.1, 0.15) is 5.75 Å². The molecule has 0 aliphatic carbocycles. The molecule has 2 atom stereocenters. The van der Waals surface area contributed by atoms with E-state index < -0.39 is 17.8 Å². The Balaban J connectivity index is 1.70. The van der Waals surface area contributed by atoms with Gasteiger partial charge in [0, 0.05) is 10.8 Å². The number of anilines is 1. The maximum atomic E-state index is 13.4. The van der Waals surface area contributed by atoms with Crippen LogP contribution in [0.5, 0.6) is 5.75 Å². The molecular formula is C19H15F3N2O2S. The normalized spacial score (nSPS) is 21.9. The van der Waals surface area contributed by atoms with Crippen molar-refractivity contribution in [1.29, 1.82) is 0 Å². The molecule has 27 heavy (non-hydrogen) atoms. The fraction of sp³-hybridized carbons (Fsp3) is 0.263. The number of nitrogens with one attached hydrogen (secondary N) is 1. The SMILES string of the molecule is CC1SC(c2ccc3c(c2)NC(=O)CO3)=NC1c1ccccc1C(F)(F)F. The van der Waals surface area contributed by atoms with Gasteiger partial charge in [0.05, 0.1) is 22.3 Å². The summed E-state index contributed by atoms with van der Waals surface area (Å²) in [4.78, 5) is 16.1. The molecule has 0 spiro atoms. The number of carbonyl (C=O) groups excluding carboxylic acids is 1. The highest BCUT2D eigenvalue weighted by molar-refractivity contribution is 8.15. The predicted octanol–water partition coefficient (Wildman–Crippen LogP) is 4.66. The van der Waals surface area contributed by atoms with Crippen molar-refractivity contribution in [2.75, 3.05) is 11.9 Å². The zero-order valence-corrected chi connectivity index (χ0v) is 15.0. The van der Waals surface area contributed by atoms with Gasteiger partial charge in [0.25, 0.3) is 5.91 Å². The lowest BCUT2D eigenvalue weighted by Crippen LogP contribution is -2.25. The largest absolute Gasteiger partial charge is 0.482 e. The van der Waals surface area contributed by atoms with E-state index in [9.17, 15) is 18.0 Å². The lowest BCUT2D eigenvalue weighted by Gasteiger charge is -2.18. The number of fused-ring (bicyclic) bond motifs is 1. The maximum Gasteiger partial charge on any atom is 0.416 e. The highest BCUT2D eigenvalue weighted by Crippen LogP contribution is 2.44. The molecule has 4 nitrogen and oxygen atoms in total. The molecule has 140 valence electrons. The van der Waals surface area contributed by atoms with E-state index in [2.05, 4.69) is 10.3 Å². The van der Waals surface area contributed by atoms with Gasteiger partial charge >= 0.3 is 6.18 Å². The van der Waals surface area contributed by atoms with Crippen molar-refractivity contribution in [3.05, 3.63) is 59.2 Å². The van der Waals surface area contributed by atoms with Crippen LogP contribution in [0.15, 0.2) is 47.5 Å². The van der Waals surface area contributed by atoms with Crippen molar-refractivity contribution in [1.82, 2.24) is 0 Å². The molecule has 1 N–H and O–H groups in total. The van der Waals surface area contributed by atoms with Crippen molar-refractivity contribution in [3.63, 3.8) is 0 Å². The second-order valence-electron chi connectivity index (χ2n) is 6.33. The minimum atomic E-state index is -4.42. The monoisotopic (exact) mass is 392 g/mol. The van der Waals surface area contributed by atoms with Crippen molar-refractivity contribution >= 4 is 28.4 Å². The smallest absolute Gasteiger partial charge is 0.416 e. The highest BCUT2D eigenvalue weighted by atomic mass is 32.2. The lowest BCUT2D eigenvalue weighted by atomic mass is 9.98. The zero-order valence-electron chi connectivity index (χ0n) is 14.2. The van der Waals surface area contributed by atoms with Gasteiger partial charge in [-0.3, -0.25) is 9.79 Å². The van der Waals surface area contributed by atoms with Gasteiger partial charge in [-0.25, -0.2) is 0 Å². The number of thioether (sulfide) groups is 1. The molecule has 1 amide bonds. The molecule has 2 aromatic rings. The summed E-state index contributed by atoms with van der Waals surface area (Å²) in [5.41, 5.74) is 0.801. The molecule has 2 unspecified atom stereocenters. The summed E-state index contributed by atoms with van der Waals surface area (Å²) in [5.74, 6) is 0.319. The first kappa shape index (κ1) is 17.9. The second-order valence-corrected chi connectivity index (χ2v) is 7.70. The first-order valence-corrected chi connectivity index (χ1v) is 9.18. The topological polar surface area (TPSA) is 50.7 Å². The van der Waals surface area contributed by atoms with Gasteiger partial charge in [-0.2, -0.15) is 13.2 Å². The van der Waals surface area contributed by atoms with Gasteiger partial charge < -0.3 is 10.1 Å². The minimum absolute atomic E-state index is 0.0324. The molecule has 0 aromatic heterocycles. The second kappa shape index (κ2) is 6.60. The first-order valence-electron chi connectivity index (χ1n) is 8.30. The number of rotatable bonds is 2. The van der Waals surface area contributed by atoms with Crippen LogP contribution >= 0.6 is 11.8 Å². The molecular weight excluding hydrogens is 377 g/mol. The van der Waals surface area contributed by atoms with Crippen LogP contribution in [0.1, 0.15) is 29.7 Å². The number of halogens is 3. The van der Waals surface area contributed by atoms with Crippen LogP contribution in [-0.4, -0.2) is 22.8 Å². The van der Waals surface area contributed by atoms with E-state index >= 15 is 0 Å². The lowest BCUT2D eigenvalue weighted by molar-refractivity contribution is -0.138. The molecule has 4 rings (SSSR count). The van der Waals surface area contributed by atoms with E-state index in [4.69, 9.17) is 4.74 Å². The van der Waals surface area contributed by atoms with E-state index in [0.717, 1.165) is 11.6 Å². The standard InChI is InChI=1S/C19H15F3N2O2S/c1-10-17(12-4-2-3-5-13(12)19(20,21)22)24-18(27-10)11-6-7-15-14(8-11)23-16(25)9-26-15/h2-8,10,17H,9H2,1H3,(H,23,25). The quantitative estimate of drug-likeness (QED) is 0.809. The number of hydrogen-bond acceptors (Lipinski definition) is 4. The number of ether oxygens (including phenoxy) is 1. The van der Waals surface area contributed by atoms with E-state index in [1.54, 1.807) is 24.3 Å². The van der Waals surface area contributed by atoms with Crippen LogP contribution in [0.3, 0.4) is 0 Å². The predicted molar refractivity (Wildman–Crippen MR) is 98.3 cm³/mol. The molecule has 0 radical (unpaired) electrons. The molecule has 0 fully saturated rings. The van der Waals surface area contributed by atoms with Crippen molar-refractivity contribution in [3.8, 4) is 5.75 Å². The van der Waals surface area contributed by atoms with Crippen LogP contribution in [0, 0.1) is 0 Å². The Morgan fingerprint density at radius 3 is 2.78 bits per heavy atom. The Hall–Kier alpha value is -2.48. The fourth-order valence-corrected chi connectivity index (χ4v) is 4.32. The van der Waals surface area contributed by atoms with Gasteiger partial charge in [0.15, 0.2) is 6.61 Å². The molecule has 2 heterocycles. The molecule has 2 aliphatic rings. The molecule has 2 aliphatic heterocycles. The third kappa shape index (κ3) is 3.41. The van der Waals surface area contributed by atoms with Crippen LogP contribution in [0.2, 0.25) is 0 Å². The Labute approximate surface area is 157 Å². The number of carbonyl (C=O) groups is 1. The van der Waals surface area contributed by atoms with E-state index in [1.807, 2.05) is 6.92 Å². The summed E-state index contributed by atoms with van der Waals surface area (Å²) in [6.45, 7) is 1.83. The number of amides is 1. The molecule has 0 bridgehead atoms. The van der Waals surface area contributed by atoms with Crippen molar-refractivity contribution in [2.45, 2.75) is 24.4 Å². The average Bonchev–Trinajstić information content (AvgIpc) is 3.02. The van der Waals surface area contributed by atoms with Gasteiger partial charge in [-0.1, -0.05) is 25.1 Å². The Bertz CT molecular complexity index is 943. The fourth-order valence-electron chi connectivity index (χ4n) is 3.20. The average molecular weight is 392 g/mol. The van der Waals surface area contributed by atoms with Crippen LogP contribution in [-0.2, 0) is 11.0 Å². The summed E-state index contributed by atoms with van der Waals surface area (Å²) in [5, 5.41) is 3.23. The summed E-state index contributed by atoms with van der Waals surface area (Å²) >= 11 is 1.42. The molecule has 8 heteroatoms.